The summed E-state index contributed by atoms with van der Waals surface area (Å²) in [6, 6.07) is 52.5. The number of rotatable bonds is 12. The second kappa shape index (κ2) is 21.8. The Morgan fingerprint density at radius 3 is 0.462 bits per heavy atom. The second-order valence-corrected chi connectivity index (χ2v) is 10.8. The number of hydrogen-bond donors (Lipinski definition) is 0. The molecule has 0 aliphatic heterocycles. The Kier molecular flexibility index (Phi) is 16.9. The predicted molar refractivity (Wildman–Crippen MR) is 198 cm³/mol. The molecule has 6 nitrogen and oxygen atoms in total. The van der Waals surface area contributed by atoms with Gasteiger partial charge in [-0.15, -0.1) is 72.8 Å². The monoisotopic (exact) mass is 849 g/mol. The van der Waals surface area contributed by atoms with Crippen molar-refractivity contribution in [1.29, 1.82) is 0 Å². The van der Waals surface area contributed by atoms with Crippen molar-refractivity contribution in [1.82, 2.24) is 0 Å². The summed E-state index contributed by atoms with van der Waals surface area (Å²) < 4.78 is 0. The number of Topliss-reactive ketones (excluding diaryl/α,β-unsaturated/α-hetero) is 6. The maximum absolute atomic E-state index is 11.8. The number of carbonyl (C=O) groups is 6. The third kappa shape index (κ3) is 13.3. The minimum absolute atomic E-state index is 0. The van der Waals surface area contributed by atoms with Crippen LogP contribution < -0.4 is 0 Å². The molecular weight excluding hydrogens is 815 g/mol. The molecule has 0 saturated heterocycles. The van der Waals surface area contributed by atoms with Gasteiger partial charge in [0.2, 0.25) is 0 Å². The van der Waals surface area contributed by atoms with Crippen LogP contribution in [0.25, 0.3) is 0 Å². The zero-order chi connectivity index (χ0) is 36.3. The largest absolute Gasteiger partial charge is 0.318 e. The summed E-state index contributed by atoms with van der Waals surface area (Å²) in [6.45, 7) is 0. The van der Waals surface area contributed by atoms with E-state index in [1.807, 2.05) is 36.4 Å². The Balaban J connectivity index is 0.000000208. The molecule has 6 aromatic rings. The first-order valence-corrected chi connectivity index (χ1v) is 15.9. The van der Waals surface area contributed by atoms with Crippen molar-refractivity contribution in [3.63, 3.8) is 0 Å². The molecule has 0 amide bonds. The minimum Gasteiger partial charge on any atom is -0.318 e. The molecule has 0 N–H and O–H groups in total. The fourth-order valence-electron chi connectivity index (χ4n) is 4.47. The Labute approximate surface area is 322 Å². The molecule has 0 fully saturated rings. The third-order valence-corrected chi connectivity index (χ3v) is 7.14. The average molecular weight is 848 g/mol. The maximum Gasteiger partial charge on any atom is 0.0832 e. The Morgan fingerprint density at radius 1 is 0.231 bits per heavy atom. The smallest absolute Gasteiger partial charge is 0.0832 e. The van der Waals surface area contributed by atoms with Crippen LogP contribution in [-0.2, 0) is 25.8 Å². The maximum atomic E-state index is 11.8. The van der Waals surface area contributed by atoms with E-state index in [1.54, 1.807) is 146 Å². The van der Waals surface area contributed by atoms with E-state index < -0.39 is 0 Å². The molecule has 0 aromatic heterocycles. The van der Waals surface area contributed by atoms with E-state index in [9.17, 15) is 28.8 Å². The van der Waals surface area contributed by atoms with Crippen LogP contribution >= 0.6 is 0 Å². The standard InChI is InChI=1S/3C15H11O2.Hf/c3*16-14(12-7-3-1-4-8-12)11-15(17)13-9-5-2-6-10-13;/h3*1-11H;/q3*-1;. The first-order valence-electron chi connectivity index (χ1n) is 15.9. The van der Waals surface area contributed by atoms with E-state index in [4.69, 9.17) is 0 Å². The van der Waals surface area contributed by atoms with Gasteiger partial charge in [-0.1, -0.05) is 162 Å². The van der Waals surface area contributed by atoms with Crippen molar-refractivity contribution < 1.29 is 54.6 Å². The van der Waals surface area contributed by atoms with Crippen LogP contribution in [0, 0.1) is 19.3 Å². The molecule has 0 aliphatic rings. The van der Waals surface area contributed by atoms with E-state index in [0.717, 1.165) is 19.3 Å². The SMILES string of the molecule is O=C([CH-]C(=O)c1ccccc1)c1ccccc1.O=C([CH-]C(=O)c1ccccc1)c1ccccc1.O=C([CH-]C(=O)c1ccccc1)c1ccccc1.[Hf]. The zero-order valence-corrected chi connectivity index (χ0v) is 31.6. The van der Waals surface area contributed by atoms with Crippen molar-refractivity contribution in [2.45, 2.75) is 0 Å². The van der Waals surface area contributed by atoms with E-state index >= 15 is 0 Å². The van der Waals surface area contributed by atoms with Gasteiger partial charge < -0.3 is 28.8 Å². The molecule has 6 aromatic carbocycles. The van der Waals surface area contributed by atoms with E-state index in [2.05, 4.69) is 0 Å². The molecule has 0 radical (unpaired) electrons. The Morgan fingerprint density at radius 2 is 0.346 bits per heavy atom. The van der Waals surface area contributed by atoms with Gasteiger partial charge in [-0.2, -0.15) is 0 Å². The van der Waals surface area contributed by atoms with E-state index in [0.29, 0.717) is 33.4 Å². The van der Waals surface area contributed by atoms with Crippen LogP contribution in [0.1, 0.15) is 62.1 Å². The van der Waals surface area contributed by atoms with Crippen molar-refractivity contribution in [2.24, 2.45) is 0 Å². The topological polar surface area (TPSA) is 102 Å². The minimum atomic E-state index is -0.264. The molecule has 7 heteroatoms. The van der Waals surface area contributed by atoms with Crippen LogP contribution in [0.5, 0.6) is 0 Å². The molecule has 0 spiro atoms. The molecular formula is C45H33HfO6-3. The predicted octanol–water partition coefficient (Wildman–Crippen LogP) is 8.87. The normalized spacial score (nSPS) is 9.46. The summed E-state index contributed by atoms with van der Waals surface area (Å²) in [5, 5.41) is 0. The first-order chi connectivity index (χ1) is 24.8. The Bertz CT molecular complexity index is 1640. The van der Waals surface area contributed by atoms with Gasteiger partial charge in [0.05, 0.1) is 34.7 Å². The third-order valence-electron chi connectivity index (χ3n) is 7.14. The van der Waals surface area contributed by atoms with Crippen molar-refractivity contribution >= 4 is 34.7 Å². The number of carbonyl (C=O) groups excluding carboxylic acids is 6. The fraction of sp³-hybridized carbons (Fsp3) is 0. The first kappa shape index (κ1) is 40.3. The summed E-state index contributed by atoms with van der Waals surface area (Å²) in [5.41, 5.74) is 3.15. The van der Waals surface area contributed by atoms with Crippen LogP contribution in [0.3, 0.4) is 0 Å². The number of ketones is 6. The van der Waals surface area contributed by atoms with E-state index in [1.165, 1.54) is 0 Å². The van der Waals surface area contributed by atoms with Gasteiger partial charge >= 0.3 is 0 Å². The second-order valence-electron chi connectivity index (χ2n) is 10.8. The quantitative estimate of drug-likeness (QED) is 0.0528. The van der Waals surface area contributed by atoms with Crippen LogP contribution in [-0.4, -0.2) is 34.7 Å². The van der Waals surface area contributed by atoms with Crippen molar-refractivity contribution in [3.8, 4) is 0 Å². The molecule has 0 aliphatic carbocycles. The van der Waals surface area contributed by atoms with Gasteiger partial charge in [0.15, 0.2) is 0 Å². The molecule has 256 valence electrons. The number of benzene rings is 6. The van der Waals surface area contributed by atoms with Gasteiger partial charge in [0.25, 0.3) is 0 Å². The van der Waals surface area contributed by atoms with Gasteiger partial charge in [-0.05, 0) is 0 Å². The summed E-state index contributed by atoms with van der Waals surface area (Å²) in [7, 11) is 0. The van der Waals surface area contributed by atoms with Crippen LogP contribution in [0.4, 0.5) is 0 Å². The molecule has 0 saturated carbocycles. The summed E-state index contributed by atoms with van der Waals surface area (Å²) >= 11 is 0. The van der Waals surface area contributed by atoms with Gasteiger partial charge in [-0.25, -0.2) is 0 Å². The summed E-state index contributed by atoms with van der Waals surface area (Å²) in [4.78, 5) is 70.5. The molecule has 52 heavy (non-hydrogen) atoms. The molecule has 0 atom stereocenters. The molecule has 6 rings (SSSR count). The number of hydrogen-bond acceptors (Lipinski definition) is 6. The van der Waals surface area contributed by atoms with Gasteiger partial charge in [0, 0.05) is 25.8 Å². The van der Waals surface area contributed by atoms with E-state index in [-0.39, 0.29) is 60.5 Å². The fourth-order valence-corrected chi connectivity index (χ4v) is 4.47. The van der Waals surface area contributed by atoms with Crippen molar-refractivity contribution in [2.75, 3.05) is 0 Å². The average Bonchev–Trinajstić information content (AvgIpc) is 3.20. The van der Waals surface area contributed by atoms with Crippen molar-refractivity contribution in [3.05, 3.63) is 235 Å². The van der Waals surface area contributed by atoms with Crippen LogP contribution in [0.2, 0.25) is 0 Å². The zero-order valence-electron chi connectivity index (χ0n) is 28.0. The van der Waals surface area contributed by atoms with Crippen LogP contribution in [0.15, 0.2) is 182 Å². The summed E-state index contributed by atoms with van der Waals surface area (Å²) in [6.07, 6.45) is 3.39. The molecule has 0 bridgehead atoms. The van der Waals surface area contributed by atoms with Gasteiger partial charge in [0.1, 0.15) is 0 Å². The summed E-state index contributed by atoms with van der Waals surface area (Å²) in [5.74, 6) is -1.59. The van der Waals surface area contributed by atoms with Gasteiger partial charge in [-0.3, -0.25) is 0 Å². The molecule has 0 heterocycles. The Hall–Kier alpha value is -6.18. The molecule has 0 unspecified atom stereocenters.